The van der Waals surface area contributed by atoms with Crippen molar-refractivity contribution in [3.8, 4) is 5.75 Å². The Morgan fingerprint density at radius 2 is 1.64 bits per heavy atom. The lowest BCUT2D eigenvalue weighted by atomic mass is 9.99. The predicted octanol–water partition coefficient (Wildman–Crippen LogP) is 4.01. The highest BCUT2D eigenvalue weighted by molar-refractivity contribution is 5.26. The van der Waals surface area contributed by atoms with Gasteiger partial charge in [0.1, 0.15) is 5.75 Å². The molecule has 0 heterocycles. The van der Waals surface area contributed by atoms with Crippen LogP contribution in [0.25, 0.3) is 0 Å². The molecule has 0 aliphatic rings. The summed E-state index contributed by atoms with van der Waals surface area (Å²) >= 11 is 0. The van der Waals surface area contributed by atoms with Crippen LogP contribution < -0.4 is 0 Å². The van der Waals surface area contributed by atoms with Gasteiger partial charge in [0, 0.05) is 0 Å². The molecule has 1 nitrogen and oxygen atoms in total. The topological polar surface area (TPSA) is 20.2 Å². The number of hydrogen-bond donors (Lipinski definition) is 1. The molecule has 1 rings (SSSR count). The zero-order chi connectivity index (χ0) is 11.0. The molecular formula is C13H22O. The van der Waals surface area contributed by atoms with Crippen molar-refractivity contribution in [1.29, 1.82) is 0 Å². The molecule has 14 heavy (non-hydrogen) atoms. The highest BCUT2D eigenvalue weighted by Gasteiger charge is 2.00. The molecule has 80 valence electrons. The van der Waals surface area contributed by atoms with Crippen LogP contribution >= 0.6 is 0 Å². The van der Waals surface area contributed by atoms with Crippen LogP contribution in [0.15, 0.2) is 24.3 Å². The van der Waals surface area contributed by atoms with E-state index >= 15 is 0 Å². The van der Waals surface area contributed by atoms with Crippen LogP contribution in [-0.2, 0) is 6.42 Å². The average molecular weight is 194 g/mol. The Bertz CT molecular complexity index is 225. The second-order valence-corrected chi connectivity index (χ2v) is 3.38. The number of phenols is 1. The molecular weight excluding hydrogens is 172 g/mol. The molecule has 0 bridgehead atoms. The molecule has 1 N–H and O–H groups in total. The largest absolute Gasteiger partial charge is 0.508 e. The first-order chi connectivity index (χ1) is 6.72. The molecule has 0 saturated heterocycles. The summed E-state index contributed by atoms with van der Waals surface area (Å²) in [5.41, 5.74) is 1.31. The first kappa shape index (κ1) is 13.0. The summed E-state index contributed by atoms with van der Waals surface area (Å²) < 4.78 is 0. The summed E-state index contributed by atoms with van der Waals surface area (Å²) in [6.45, 7) is 8.44. The lowest BCUT2D eigenvalue weighted by Crippen LogP contribution is -1.96. The molecule has 0 fully saturated rings. The monoisotopic (exact) mass is 194 g/mol. The normalized spacial score (nSPS) is 11.4. The van der Waals surface area contributed by atoms with E-state index in [9.17, 15) is 0 Å². The van der Waals surface area contributed by atoms with Crippen molar-refractivity contribution in [3.05, 3.63) is 29.8 Å². The van der Waals surface area contributed by atoms with Gasteiger partial charge in [-0.1, -0.05) is 46.2 Å². The fourth-order valence-electron chi connectivity index (χ4n) is 1.18. The fourth-order valence-corrected chi connectivity index (χ4v) is 1.18. The number of phenolic OH excluding ortho intramolecular Hbond substituents is 1. The summed E-state index contributed by atoms with van der Waals surface area (Å²) in [6, 6.07) is 7.47. The second kappa shape index (κ2) is 7.43. The lowest BCUT2D eigenvalue weighted by Gasteiger charge is -2.07. The van der Waals surface area contributed by atoms with Crippen molar-refractivity contribution >= 4 is 0 Å². The first-order valence-electron chi connectivity index (χ1n) is 5.50. The zero-order valence-corrected chi connectivity index (χ0v) is 9.75. The zero-order valence-electron chi connectivity index (χ0n) is 9.75. The van der Waals surface area contributed by atoms with Gasteiger partial charge in [-0.2, -0.15) is 0 Å². The van der Waals surface area contributed by atoms with E-state index < -0.39 is 0 Å². The van der Waals surface area contributed by atoms with Crippen molar-refractivity contribution in [2.45, 2.75) is 40.5 Å². The molecule has 0 aliphatic heterocycles. The van der Waals surface area contributed by atoms with Crippen LogP contribution in [0.3, 0.4) is 0 Å². The molecule has 0 spiro atoms. The van der Waals surface area contributed by atoms with Crippen LogP contribution in [0.1, 0.15) is 39.7 Å². The van der Waals surface area contributed by atoms with Gasteiger partial charge in [0.2, 0.25) is 0 Å². The minimum atomic E-state index is 0.350. The summed E-state index contributed by atoms with van der Waals surface area (Å²) in [5, 5.41) is 9.05. The first-order valence-corrected chi connectivity index (χ1v) is 5.50. The molecule has 0 radical (unpaired) electrons. The number of aromatic hydroxyl groups is 1. The van der Waals surface area contributed by atoms with E-state index in [-0.39, 0.29) is 0 Å². The fraction of sp³-hybridized carbons (Fsp3) is 0.538. The lowest BCUT2D eigenvalue weighted by molar-refractivity contribution is 0.474. The molecule has 0 amide bonds. The highest BCUT2D eigenvalue weighted by atomic mass is 16.3. The number of benzene rings is 1. The number of rotatable bonds is 3. The van der Waals surface area contributed by atoms with E-state index in [2.05, 4.69) is 13.8 Å². The maximum absolute atomic E-state index is 9.05. The van der Waals surface area contributed by atoms with Crippen molar-refractivity contribution in [2.75, 3.05) is 0 Å². The minimum absolute atomic E-state index is 0.350. The number of hydrogen-bond acceptors (Lipinski definition) is 1. The molecule has 0 saturated carbocycles. The van der Waals surface area contributed by atoms with E-state index in [0.29, 0.717) is 5.75 Å². The molecule has 1 atom stereocenters. The third-order valence-electron chi connectivity index (χ3n) is 2.22. The van der Waals surface area contributed by atoms with Crippen molar-refractivity contribution in [1.82, 2.24) is 0 Å². The van der Waals surface area contributed by atoms with Crippen LogP contribution in [0.4, 0.5) is 0 Å². The SMILES string of the molecule is CC.CCC(C)Cc1ccc(O)cc1. The van der Waals surface area contributed by atoms with E-state index in [1.807, 2.05) is 26.0 Å². The van der Waals surface area contributed by atoms with Gasteiger partial charge in [-0.3, -0.25) is 0 Å². The van der Waals surface area contributed by atoms with Gasteiger partial charge in [-0.15, -0.1) is 0 Å². The second-order valence-electron chi connectivity index (χ2n) is 3.38. The maximum Gasteiger partial charge on any atom is 0.115 e. The van der Waals surface area contributed by atoms with Gasteiger partial charge < -0.3 is 5.11 Å². The molecule has 1 aromatic carbocycles. The van der Waals surface area contributed by atoms with Gasteiger partial charge >= 0.3 is 0 Å². The Hall–Kier alpha value is -0.980. The highest BCUT2D eigenvalue weighted by Crippen LogP contribution is 2.14. The van der Waals surface area contributed by atoms with Crippen molar-refractivity contribution in [3.63, 3.8) is 0 Å². The summed E-state index contributed by atoms with van der Waals surface area (Å²) in [5.74, 6) is 1.08. The summed E-state index contributed by atoms with van der Waals surface area (Å²) in [6.07, 6.45) is 2.32. The van der Waals surface area contributed by atoms with E-state index in [0.717, 1.165) is 12.3 Å². The summed E-state index contributed by atoms with van der Waals surface area (Å²) in [7, 11) is 0. The molecule has 0 aliphatic carbocycles. The Kier molecular flexibility index (Phi) is 6.91. The van der Waals surface area contributed by atoms with Gasteiger partial charge in [0.25, 0.3) is 0 Å². The standard InChI is InChI=1S/C11H16O.C2H6/c1-3-9(2)8-10-4-6-11(12)7-5-10;1-2/h4-7,9,12H,3,8H2,1-2H3;1-2H3. The summed E-state index contributed by atoms with van der Waals surface area (Å²) in [4.78, 5) is 0. The Morgan fingerprint density at radius 1 is 1.14 bits per heavy atom. The third kappa shape index (κ3) is 4.90. The van der Waals surface area contributed by atoms with Gasteiger partial charge in [0.15, 0.2) is 0 Å². The maximum atomic E-state index is 9.05. The Morgan fingerprint density at radius 3 is 2.07 bits per heavy atom. The van der Waals surface area contributed by atoms with E-state index in [4.69, 9.17) is 5.11 Å². The Balaban J connectivity index is 0.000000791. The Labute approximate surface area is 87.8 Å². The van der Waals surface area contributed by atoms with Crippen LogP contribution in [-0.4, -0.2) is 5.11 Å². The van der Waals surface area contributed by atoms with Gasteiger partial charge in [0.05, 0.1) is 0 Å². The van der Waals surface area contributed by atoms with Crippen molar-refractivity contribution in [2.24, 2.45) is 5.92 Å². The van der Waals surface area contributed by atoms with E-state index in [1.165, 1.54) is 12.0 Å². The van der Waals surface area contributed by atoms with Gasteiger partial charge in [-0.25, -0.2) is 0 Å². The predicted molar refractivity (Wildman–Crippen MR) is 62.6 cm³/mol. The minimum Gasteiger partial charge on any atom is -0.508 e. The van der Waals surface area contributed by atoms with Crippen LogP contribution in [0.5, 0.6) is 5.75 Å². The van der Waals surface area contributed by atoms with E-state index in [1.54, 1.807) is 12.1 Å². The average Bonchev–Trinajstić information content (AvgIpc) is 2.24. The quantitative estimate of drug-likeness (QED) is 0.771. The van der Waals surface area contributed by atoms with Crippen molar-refractivity contribution < 1.29 is 5.11 Å². The molecule has 0 aromatic heterocycles. The third-order valence-corrected chi connectivity index (χ3v) is 2.22. The van der Waals surface area contributed by atoms with Crippen LogP contribution in [0, 0.1) is 5.92 Å². The molecule has 1 aromatic rings. The van der Waals surface area contributed by atoms with Gasteiger partial charge in [-0.05, 0) is 30.0 Å². The van der Waals surface area contributed by atoms with Crippen LogP contribution in [0.2, 0.25) is 0 Å². The molecule has 1 heteroatoms. The smallest absolute Gasteiger partial charge is 0.115 e. The molecule has 1 unspecified atom stereocenters.